The first-order chi connectivity index (χ1) is 9.35. The summed E-state index contributed by atoms with van der Waals surface area (Å²) in [5.74, 6) is 0.0901. The number of aromatic amines is 1. The third-order valence-electron chi connectivity index (χ3n) is 3.32. The minimum Gasteiger partial charge on any atom is -0.356 e. The normalized spacial score (nSPS) is 17.4. The summed E-state index contributed by atoms with van der Waals surface area (Å²) in [5.41, 5.74) is 0.486. The number of halogens is 1. The quantitative estimate of drug-likeness (QED) is 0.875. The largest absolute Gasteiger partial charge is 0.356 e. The van der Waals surface area contributed by atoms with Gasteiger partial charge in [-0.05, 0) is 6.07 Å². The number of hydrogen-bond acceptors (Lipinski definition) is 4. The Balaban J connectivity index is 1.83. The van der Waals surface area contributed by atoms with Gasteiger partial charge in [0.05, 0.1) is 10.8 Å². The maximum absolute atomic E-state index is 12.2. The topological polar surface area (TPSA) is 73.5 Å². The average Bonchev–Trinajstić information content (AvgIpc) is 2.82. The van der Waals surface area contributed by atoms with Crippen LogP contribution in [-0.2, 0) is 9.84 Å². The molecule has 0 aliphatic carbocycles. The minimum atomic E-state index is -2.94. The van der Waals surface area contributed by atoms with Crippen molar-refractivity contribution in [3.05, 3.63) is 23.0 Å². The Hall–Kier alpha value is -1.05. The van der Waals surface area contributed by atoms with Gasteiger partial charge in [-0.1, -0.05) is 11.6 Å². The number of carbonyl (C=O) groups is 1. The van der Waals surface area contributed by atoms with Crippen molar-refractivity contribution in [2.75, 3.05) is 44.7 Å². The molecule has 0 radical (unpaired) electrons. The van der Waals surface area contributed by atoms with Gasteiger partial charge in [0.1, 0.15) is 15.5 Å². The van der Waals surface area contributed by atoms with Crippen LogP contribution in [0.1, 0.15) is 10.5 Å². The van der Waals surface area contributed by atoms with Crippen LogP contribution in [0.2, 0.25) is 5.02 Å². The molecule has 20 heavy (non-hydrogen) atoms. The van der Waals surface area contributed by atoms with Crippen LogP contribution < -0.4 is 0 Å². The van der Waals surface area contributed by atoms with Gasteiger partial charge in [0, 0.05) is 45.2 Å². The Morgan fingerprint density at radius 2 is 2.00 bits per heavy atom. The summed E-state index contributed by atoms with van der Waals surface area (Å²) in [6, 6.07) is 1.61. The lowest BCUT2D eigenvalue weighted by molar-refractivity contribution is 0.0639. The Morgan fingerprint density at radius 1 is 1.35 bits per heavy atom. The summed E-state index contributed by atoms with van der Waals surface area (Å²) in [4.78, 5) is 18.8. The molecule has 0 spiro atoms. The van der Waals surface area contributed by atoms with Crippen molar-refractivity contribution in [1.82, 2.24) is 14.8 Å². The molecule has 2 rings (SSSR count). The lowest BCUT2D eigenvalue weighted by Gasteiger charge is -2.34. The van der Waals surface area contributed by atoms with Crippen LogP contribution in [0.4, 0.5) is 0 Å². The summed E-state index contributed by atoms with van der Waals surface area (Å²) >= 11 is 5.78. The van der Waals surface area contributed by atoms with Gasteiger partial charge in [-0.15, -0.1) is 0 Å². The zero-order valence-corrected chi connectivity index (χ0v) is 12.9. The Kier molecular flexibility index (Phi) is 4.72. The molecule has 1 aliphatic rings. The van der Waals surface area contributed by atoms with Crippen LogP contribution in [0, 0.1) is 0 Å². The fourth-order valence-corrected chi connectivity index (χ4v) is 2.88. The second kappa shape index (κ2) is 6.15. The number of hydrogen-bond donors (Lipinski definition) is 1. The third kappa shape index (κ3) is 4.22. The summed E-state index contributed by atoms with van der Waals surface area (Å²) < 4.78 is 22.3. The van der Waals surface area contributed by atoms with E-state index in [1.54, 1.807) is 17.2 Å². The zero-order chi connectivity index (χ0) is 14.8. The molecule has 1 aromatic rings. The van der Waals surface area contributed by atoms with E-state index in [0.717, 1.165) is 0 Å². The first-order valence-electron chi connectivity index (χ1n) is 6.38. The van der Waals surface area contributed by atoms with E-state index in [0.29, 0.717) is 43.4 Å². The number of H-pyrrole nitrogens is 1. The summed E-state index contributed by atoms with van der Waals surface area (Å²) in [6.07, 6.45) is 2.82. The number of amides is 1. The molecular weight excluding hydrogens is 302 g/mol. The third-order valence-corrected chi connectivity index (χ3v) is 4.46. The minimum absolute atomic E-state index is 0.0698. The maximum Gasteiger partial charge on any atom is 0.270 e. The standard InChI is InChI=1S/C12H18ClN3O3S/c1-20(18,19)7-6-15-2-4-16(5-3-15)12(17)11-8-10(13)9-14-11/h8-9,14H,2-7H2,1H3. The van der Waals surface area contributed by atoms with E-state index in [2.05, 4.69) is 9.88 Å². The Bertz CT molecular complexity index is 577. The van der Waals surface area contributed by atoms with E-state index in [-0.39, 0.29) is 11.7 Å². The smallest absolute Gasteiger partial charge is 0.270 e. The molecular formula is C12H18ClN3O3S. The lowest BCUT2D eigenvalue weighted by atomic mass is 10.3. The molecule has 1 aliphatic heterocycles. The number of aromatic nitrogens is 1. The first-order valence-corrected chi connectivity index (χ1v) is 8.82. The van der Waals surface area contributed by atoms with Crippen LogP contribution in [0.3, 0.4) is 0 Å². The number of sulfone groups is 1. The highest BCUT2D eigenvalue weighted by atomic mass is 35.5. The van der Waals surface area contributed by atoms with Crippen LogP contribution >= 0.6 is 11.6 Å². The summed E-state index contributed by atoms with van der Waals surface area (Å²) in [7, 11) is -2.94. The van der Waals surface area contributed by atoms with Gasteiger partial charge in [-0.3, -0.25) is 9.69 Å². The molecule has 2 heterocycles. The van der Waals surface area contributed by atoms with Crippen molar-refractivity contribution < 1.29 is 13.2 Å². The highest BCUT2D eigenvalue weighted by molar-refractivity contribution is 7.90. The highest BCUT2D eigenvalue weighted by Gasteiger charge is 2.23. The molecule has 0 aromatic carbocycles. The maximum atomic E-state index is 12.2. The van der Waals surface area contributed by atoms with Gasteiger partial charge in [0.2, 0.25) is 0 Å². The van der Waals surface area contributed by atoms with Crippen molar-refractivity contribution in [3.8, 4) is 0 Å². The van der Waals surface area contributed by atoms with Gasteiger partial charge in [-0.25, -0.2) is 8.42 Å². The first kappa shape index (κ1) is 15.3. The average molecular weight is 320 g/mol. The van der Waals surface area contributed by atoms with Crippen molar-refractivity contribution >= 4 is 27.3 Å². The van der Waals surface area contributed by atoms with Crippen molar-refractivity contribution in [2.45, 2.75) is 0 Å². The molecule has 1 saturated heterocycles. The van der Waals surface area contributed by atoms with Gasteiger partial charge >= 0.3 is 0 Å². The monoisotopic (exact) mass is 319 g/mol. The highest BCUT2D eigenvalue weighted by Crippen LogP contribution is 2.13. The van der Waals surface area contributed by atoms with Crippen molar-refractivity contribution in [1.29, 1.82) is 0 Å². The number of carbonyl (C=O) groups excluding carboxylic acids is 1. The molecule has 1 N–H and O–H groups in total. The van der Waals surface area contributed by atoms with Gasteiger partial charge in [-0.2, -0.15) is 0 Å². The van der Waals surface area contributed by atoms with Gasteiger partial charge < -0.3 is 9.88 Å². The molecule has 0 saturated carbocycles. The molecule has 0 unspecified atom stereocenters. The van der Waals surface area contributed by atoms with E-state index in [9.17, 15) is 13.2 Å². The van der Waals surface area contributed by atoms with Gasteiger partial charge in [0.15, 0.2) is 0 Å². The van der Waals surface area contributed by atoms with Crippen LogP contribution in [0.5, 0.6) is 0 Å². The van der Waals surface area contributed by atoms with Crippen molar-refractivity contribution in [3.63, 3.8) is 0 Å². The zero-order valence-electron chi connectivity index (χ0n) is 11.3. The summed E-state index contributed by atoms with van der Waals surface area (Å²) in [5, 5.41) is 0.514. The predicted molar refractivity (Wildman–Crippen MR) is 77.9 cm³/mol. The van der Waals surface area contributed by atoms with Crippen LogP contribution in [0.15, 0.2) is 12.3 Å². The molecule has 0 atom stereocenters. The second-order valence-corrected chi connectivity index (χ2v) is 7.69. The second-order valence-electron chi connectivity index (χ2n) is 5.00. The number of rotatable bonds is 4. The molecule has 1 aromatic heterocycles. The van der Waals surface area contributed by atoms with E-state index in [1.807, 2.05) is 0 Å². The van der Waals surface area contributed by atoms with Crippen LogP contribution in [0.25, 0.3) is 0 Å². The van der Waals surface area contributed by atoms with Crippen molar-refractivity contribution in [2.24, 2.45) is 0 Å². The van der Waals surface area contributed by atoms with Gasteiger partial charge in [0.25, 0.3) is 5.91 Å². The Labute approximate surface area is 123 Å². The molecule has 1 amide bonds. The molecule has 1 fully saturated rings. The predicted octanol–water partition coefficient (Wildman–Crippen LogP) is 0.471. The molecule has 112 valence electrons. The molecule has 0 bridgehead atoms. The fraction of sp³-hybridized carbons (Fsp3) is 0.583. The van der Waals surface area contributed by atoms with E-state index in [1.165, 1.54) is 6.26 Å². The van der Waals surface area contributed by atoms with Crippen LogP contribution in [-0.4, -0.2) is 73.8 Å². The van der Waals surface area contributed by atoms with E-state index in [4.69, 9.17) is 11.6 Å². The molecule has 6 nitrogen and oxygen atoms in total. The number of piperazine rings is 1. The molecule has 8 heteroatoms. The number of nitrogens with one attached hydrogen (secondary N) is 1. The fourth-order valence-electron chi connectivity index (χ4n) is 2.13. The summed E-state index contributed by atoms with van der Waals surface area (Å²) in [6.45, 7) is 3.10. The SMILES string of the molecule is CS(=O)(=O)CCN1CCN(C(=O)c2cc(Cl)c[nH]2)CC1. The Morgan fingerprint density at radius 3 is 2.50 bits per heavy atom. The number of nitrogens with zero attached hydrogens (tertiary/aromatic N) is 2. The van der Waals surface area contributed by atoms with E-state index >= 15 is 0 Å². The lowest BCUT2D eigenvalue weighted by Crippen LogP contribution is -2.49. The van der Waals surface area contributed by atoms with E-state index < -0.39 is 9.84 Å².